The second-order valence-corrected chi connectivity index (χ2v) is 6.98. The van der Waals surface area contributed by atoms with Gasteiger partial charge >= 0.3 is 0 Å². The molecule has 1 N–H and O–H groups in total. The van der Waals surface area contributed by atoms with Gasteiger partial charge in [-0.1, -0.05) is 44.2 Å². The predicted molar refractivity (Wildman–Crippen MR) is 113 cm³/mol. The summed E-state index contributed by atoms with van der Waals surface area (Å²) in [5, 5.41) is 11.5. The molecular weight excluding hydrogens is 372 g/mol. The summed E-state index contributed by atoms with van der Waals surface area (Å²) in [5.41, 5.74) is 2.12. The standard InChI is InChI=1S/C21H24N4O2S/c1-15(2)20-23-24-21(28)25(20)22-14-17-9-10-18(19(13-17)26-3)27-12-11-16-7-5-4-6-8-16/h4-10,13-15H,11-12H2,1-3H3,(H,24,28)/b22-14+. The predicted octanol–water partition coefficient (Wildman–Crippen LogP) is 4.58. The minimum absolute atomic E-state index is 0.208. The number of hydrogen-bond acceptors (Lipinski definition) is 5. The zero-order chi connectivity index (χ0) is 19.9. The summed E-state index contributed by atoms with van der Waals surface area (Å²) in [7, 11) is 1.63. The first-order valence-electron chi connectivity index (χ1n) is 9.15. The van der Waals surface area contributed by atoms with E-state index in [1.807, 2.05) is 50.2 Å². The lowest BCUT2D eigenvalue weighted by atomic mass is 10.2. The van der Waals surface area contributed by atoms with Gasteiger partial charge in [-0.05, 0) is 41.5 Å². The van der Waals surface area contributed by atoms with Crippen LogP contribution in [0.1, 0.15) is 36.7 Å². The first-order valence-corrected chi connectivity index (χ1v) is 9.55. The fraction of sp³-hybridized carbons (Fsp3) is 0.286. The van der Waals surface area contributed by atoms with E-state index in [0.29, 0.717) is 22.9 Å². The van der Waals surface area contributed by atoms with E-state index in [0.717, 1.165) is 17.8 Å². The van der Waals surface area contributed by atoms with Crippen molar-refractivity contribution in [3.05, 3.63) is 70.3 Å². The van der Waals surface area contributed by atoms with E-state index in [-0.39, 0.29) is 5.92 Å². The van der Waals surface area contributed by atoms with Crippen LogP contribution in [-0.4, -0.2) is 34.8 Å². The molecule has 0 saturated heterocycles. The van der Waals surface area contributed by atoms with Crippen LogP contribution in [0.2, 0.25) is 0 Å². The third-order valence-corrected chi connectivity index (χ3v) is 4.46. The Morgan fingerprint density at radius 2 is 1.96 bits per heavy atom. The largest absolute Gasteiger partial charge is 0.493 e. The number of nitrogens with zero attached hydrogens (tertiary/aromatic N) is 3. The Labute approximate surface area is 169 Å². The summed E-state index contributed by atoms with van der Waals surface area (Å²) in [6.45, 7) is 4.67. The number of H-pyrrole nitrogens is 1. The van der Waals surface area contributed by atoms with Crippen molar-refractivity contribution >= 4 is 18.4 Å². The summed E-state index contributed by atoms with van der Waals surface area (Å²) >= 11 is 5.25. The SMILES string of the molecule is COc1cc(/C=N/n2c(C(C)C)n[nH]c2=S)ccc1OCCc1ccccc1. The first-order chi connectivity index (χ1) is 13.6. The van der Waals surface area contributed by atoms with Gasteiger partial charge < -0.3 is 9.47 Å². The van der Waals surface area contributed by atoms with Crippen LogP contribution < -0.4 is 9.47 Å². The topological polar surface area (TPSA) is 64.4 Å². The Balaban J connectivity index is 1.71. The third-order valence-electron chi connectivity index (χ3n) is 4.19. The minimum Gasteiger partial charge on any atom is -0.493 e. The van der Waals surface area contributed by atoms with Gasteiger partial charge in [0, 0.05) is 12.3 Å². The van der Waals surface area contributed by atoms with Crippen molar-refractivity contribution in [3.8, 4) is 11.5 Å². The Morgan fingerprint density at radius 3 is 2.68 bits per heavy atom. The molecule has 3 rings (SSSR count). The van der Waals surface area contributed by atoms with Gasteiger partial charge in [0.15, 0.2) is 17.3 Å². The van der Waals surface area contributed by atoms with Crippen LogP contribution in [0, 0.1) is 4.77 Å². The highest BCUT2D eigenvalue weighted by atomic mass is 32.1. The summed E-state index contributed by atoms with van der Waals surface area (Å²) < 4.78 is 13.5. The zero-order valence-corrected chi connectivity index (χ0v) is 17.1. The van der Waals surface area contributed by atoms with Crippen molar-refractivity contribution in [1.82, 2.24) is 14.9 Å². The number of methoxy groups -OCH3 is 1. The molecule has 0 atom stereocenters. The molecule has 0 fully saturated rings. The maximum atomic E-state index is 5.90. The van der Waals surface area contributed by atoms with Crippen LogP contribution in [-0.2, 0) is 6.42 Å². The van der Waals surface area contributed by atoms with E-state index in [2.05, 4.69) is 27.4 Å². The van der Waals surface area contributed by atoms with Gasteiger partial charge in [-0.25, -0.2) is 0 Å². The fourth-order valence-electron chi connectivity index (χ4n) is 2.72. The zero-order valence-electron chi connectivity index (χ0n) is 16.3. The molecule has 28 heavy (non-hydrogen) atoms. The van der Waals surface area contributed by atoms with Crippen molar-refractivity contribution in [2.24, 2.45) is 5.10 Å². The van der Waals surface area contributed by atoms with Crippen LogP contribution in [0.5, 0.6) is 11.5 Å². The molecule has 0 aliphatic rings. The normalized spacial score (nSPS) is 11.3. The van der Waals surface area contributed by atoms with Crippen LogP contribution in [0.25, 0.3) is 0 Å². The average Bonchev–Trinajstić information content (AvgIpc) is 3.08. The highest BCUT2D eigenvalue weighted by molar-refractivity contribution is 7.71. The van der Waals surface area contributed by atoms with E-state index in [1.54, 1.807) is 18.0 Å². The Kier molecular flexibility index (Phi) is 6.60. The molecule has 3 aromatic rings. The lowest BCUT2D eigenvalue weighted by Gasteiger charge is -2.11. The second kappa shape index (κ2) is 9.32. The van der Waals surface area contributed by atoms with Crippen molar-refractivity contribution in [1.29, 1.82) is 0 Å². The number of ether oxygens (including phenoxy) is 2. The van der Waals surface area contributed by atoms with Crippen LogP contribution in [0.15, 0.2) is 53.6 Å². The monoisotopic (exact) mass is 396 g/mol. The molecule has 0 unspecified atom stereocenters. The number of nitrogens with one attached hydrogen (secondary N) is 1. The van der Waals surface area contributed by atoms with E-state index in [4.69, 9.17) is 21.7 Å². The highest BCUT2D eigenvalue weighted by Crippen LogP contribution is 2.27. The number of hydrogen-bond donors (Lipinski definition) is 1. The summed E-state index contributed by atoms with van der Waals surface area (Å²) in [6, 6.07) is 16.0. The van der Waals surface area contributed by atoms with E-state index in [9.17, 15) is 0 Å². The molecule has 0 spiro atoms. The molecule has 0 aliphatic carbocycles. The number of rotatable bonds is 8. The molecular formula is C21H24N4O2S. The molecule has 0 saturated carbocycles. The van der Waals surface area contributed by atoms with Crippen molar-refractivity contribution < 1.29 is 9.47 Å². The van der Waals surface area contributed by atoms with Gasteiger partial charge in [-0.3, -0.25) is 5.10 Å². The summed E-state index contributed by atoms with van der Waals surface area (Å²) in [4.78, 5) is 0. The van der Waals surface area contributed by atoms with E-state index >= 15 is 0 Å². The quantitative estimate of drug-likeness (QED) is 0.447. The summed E-state index contributed by atoms with van der Waals surface area (Å²) in [6.07, 6.45) is 2.57. The lowest BCUT2D eigenvalue weighted by molar-refractivity contribution is 0.297. The van der Waals surface area contributed by atoms with Crippen LogP contribution >= 0.6 is 12.2 Å². The van der Waals surface area contributed by atoms with Gasteiger partial charge in [0.05, 0.1) is 19.9 Å². The van der Waals surface area contributed by atoms with Crippen LogP contribution in [0.3, 0.4) is 0 Å². The third kappa shape index (κ3) is 4.86. The molecule has 146 valence electrons. The average molecular weight is 397 g/mol. The van der Waals surface area contributed by atoms with Crippen LogP contribution in [0.4, 0.5) is 0 Å². The molecule has 1 heterocycles. The first kappa shape index (κ1) is 19.8. The maximum absolute atomic E-state index is 5.90. The lowest BCUT2D eigenvalue weighted by Crippen LogP contribution is -2.03. The molecule has 1 aromatic heterocycles. The fourth-order valence-corrected chi connectivity index (χ4v) is 2.91. The smallest absolute Gasteiger partial charge is 0.216 e. The molecule has 7 heteroatoms. The van der Waals surface area contributed by atoms with Gasteiger partial charge in [-0.15, -0.1) is 0 Å². The van der Waals surface area contributed by atoms with Crippen molar-refractivity contribution in [3.63, 3.8) is 0 Å². The Bertz CT molecular complexity index is 993. The van der Waals surface area contributed by atoms with Crippen molar-refractivity contribution in [2.75, 3.05) is 13.7 Å². The maximum Gasteiger partial charge on any atom is 0.216 e. The van der Waals surface area contributed by atoms with Gasteiger partial charge in [0.1, 0.15) is 0 Å². The van der Waals surface area contributed by atoms with Gasteiger partial charge in [0.25, 0.3) is 0 Å². The molecule has 6 nitrogen and oxygen atoms in total. The Hall–Kier alpha value is -2.93. The molecule has 0 aliphatic heterocycles. The van der Waals surface area contributed by atoms with Crippen molar-refractivity contribution in [2.45, 2.75) is 26.2 Å². The molecule has 0 bridgehead atoms. The van der Waals surface area contributed by atoms with Gasteiger partial charge in [-0.2, -0.15) is 14.9 Å². The Morgan fingerprint density at radius 1 is 1.18 bits per heavy atom. The number of aromatic nitrogens is 3. The highest BCUT2D eigenvalue weighted by Gasteiger charge is 2.09. The summed E-state index contributed by atoms with van der Waals surface area (Å²) in [5.74, 6) is 2.37. The second-order valence-electron chi connectivity index (χ2n) is 6.59. The molecule has 0 amide bonds. The van der Waals surface area contributed by atoms with Gasteiger partial charge in [0.2, 0.25) is 4.77 Å². The number of benzene rings is 2. The van der Waals surface area contributed by atoms with E-state index < -0.39 is 0 Å². The van der Waals surface area contributed by atoms with E-state index in [1.165, 1.54) is 5.56 Å². The minimum atomic E-state index is 0.208. The molecule has 0 radical (unpaired) electrons. The molecule has 2 aromatic carbocycles. The number of aromatic amines is 1.